The van der Waals surface area contributed by atoms with E-state index in [0.29, 0.717) is 16.5 Å². The molecule has 0 aromatic carbocycles. The van der Waals surface area contributed by atoms with Gasteiger partial charge in [0, 0.05) is 10.9 Å². The molecule has 27 heavy (non-hydrogen) atoms. The molecule has 0 saturated carbocycles. The smallest absolute Gasteiger partial charge is 0.341 e. The average Bonchev–Trinajstić information content (AvgIpc) is 2.90. The van der Waals surface area contributed by atoms with Gasteiger partial charge in [0.2, 0.25) is 11.8 Å². The number of carbonyl (C=O) groups excluding carboxylic acids is 3. The minimum atomic E-state index is -0.482. The lowest BCUT2D eigenvalue weighted by Crippen LogP contribution is -2.43. The van der Waals surface area contributed by atoms with E-state index in [-0.39, 0.29) is 31.6 Å². The first-order valence-electron chi connectivity index (χ1n) is 9.36. The normalized spacial score (nSPS) is 16.3. The molecule has 7 nitrogen and oxygen atoms in total. The molecule has 2 rings (SSSR count). The SMILES string of the molecule is CCOC(=O)c1c(NC(=O)CN(CC(N)=O)C(C)C)sc2c1CCC(C)C2. The number of esters is 1. The van der Waals surface area contributed by atoms with E-state index in [0.717, 1.165) is 29.7 Å². The Labute approximate surface area is 164 Å². The number of fused-ring (bicyclic) bond motifs is 1. The highest BCUT2D eigenvalue weighted by Crippen LogP contribution is 2.40. The minimum absolute atomic E-state index is 0.00821. The van der Waals surface area contributed by atoms with Gasteiger partial charge < -0.3 is 15.8 Å². The summed E-state index contributed by atoms with van der Waals surface area (Å²) in [5.41, 5.74) is 6.76. The molecule has 1 aromatic rings. The number of anilines is 1. The first-order chi connectivity index (χ1) is 12.7. The van der Waals surface area contributed by atoms with Crippen LogP contribution in [0.5, 0.6) is 0 Å². The van der Waals surface area contributed by atoms with Crippen molar-refractivity contribution >= 4 is 34.1 Å². The quantitative estimate of drug-likeness (QED) is 0.657. The third kappa shape index (κ3) is 5.52. The van der Waals surface area contributed by atoms with Gasteiger partial charge in [-0.25, -0.2) is 4.79 Å². The maximum atomic E-state index is 12.6. The highest BCUT2D eigenvalue weighted by Gasteiger charge is 2.29. The fourth-order valence-corrected chi connectivity index (χ4v) is 4.64. The third-order valence-electron chi connectivity index (χ3n) is 4.68. The van der Waals surface area contributed by atoms with Crippen molar-refractivity contribution in [3.8, 4) is 0 Å². The lowest BCUT2D eigenvalue weighted by Gasteiger charge is -2.24. The predicted octanol–water partition coefficient (Wildman–Crippen LogP) is 2.18. The zero-order valence-electron chi connectivity index (χ0n) is 16.5. The van der Waals surface area contributed by atoms with Crippen molar-refractivity contribution in [1.82, 2.24) is 4.90 Å². The molecule has 1 heterocycles. The molecule has 8 heteroatoms. The second kappa shape index (κ2) is 9.32. The van der Waals surface area contributed by atoms with Crippen LogP contribution in [0, 0.1) is 5.92 Å². The molecule has 150 valence electrons. The number of thiophene rings is 1. The monoisotopic (exact) mass is 395 g/mol. The van der Waals surface area contributed by atoms with E-state index in [2.05, 4.69) is 12.2 Å². The van der Waals surface area contributed by atoms with Gasteiger partial charge in [-0.2, -0.15) is 0 Å². The van der Waals surface area contributed by atoms with E-state index in [4.69, 9.17) is 10.5 Å². The van der Waals surface area contributed by atoms with Crippen LogP contribution in [-0.4, -0.2) is 48.4 Å². The van der Waals surface area contributed by atoms with Crippen molar-refractivity contribution in [1.29, 1.82) is 0 Å². The van der Waals surface area contributed by atoms with Gasteiger partial charge in [0.15, 0.2) is 0 Å². The van der Waals surface area contributed by atoms with Crippen LogP contribution in [0.1, 0.15) is 54.9 Å². The summed E-state index contributed by atoms with van der Waals surface area (Å²) in [5, 5.41) is 3.41. The summed E-state index contributed by atoms with van der Waals surface area (Å²) in [7, 11) is 0. The standard InChI is InChI=1S/C19H29N3O4S/c1-5-26-19(25)17-13-7-6-12(4)8-14(13)27-18(17)21-16(24)10-22(11(2)3)9-15(20)23/h11-12H,5-10H2,1-4H3,(H2,20,23)(H,21,24). The molecule has 1 aromatic heterocycles. The van der Waals surface area contributed by atoms with Crippen molar-refractivity contribution in [3.05, 3.63) is 16.0 Å². The first kappa shape index (κ1) is 21.4. The molecular weight excluding hydrogens is 366 g/mol. The Hall–Kier alpha value is -1.93. The summed E-state index contributed by atoms with van der Waals surface area (Å²) in [6.07, 6.45) is 2.74. The second-order valence-corrected chi connectivity index (χ2v) is 8.39. The maximum Gasteiger partial charge on any atom is 0.341 e. The number of hydrogen-bond acceptors (Lipinski definition) is 6. The minimum Gasteiger partial charge on any atom is -0.462 e. The van der Waals surface area contributed by atoms with Crippen LogP contribution in [0.3, 0.4) is 0 Å². The maximum absolute atomic E-state index is 12.6. The second-order valence-electron chi connectivity index (χ2n) is 7.29. The zero-order valence-corrected chi connectivity index (χ0v) is 17.3. The third-order valence-corrected chi connectivity index (χ3v) is 5.85. The fraction of sp³-hybridized carbons (Fsp3) is 0.632. The number of primary amides is 1. The molecule has 0 saturated heterocycles. The van der Waals surface area contributed by atoms with Gasteiger partial charge in [-0.1, -0.05) is 6.92 Å². The van der Waals surface area contributed by atoms with Crippen molar-refractivity contribution in [3.63, 3.8) is 0 Å². The summed E-state index contributed by atoms with van der Waals surface area (Å²) in [6, 6.07) is -0.00910. The number of nitrogens with one attached hydrogen (secondary N) is 1. The van der Waals surface area contributed by atoms with E-state index in [1.807, 2.05) is 13.8 Å². The van der Waals surface area contributed by atoms with Gasteiger partial charge in [0.05, 0.1) is 25.3 Å². The van der Waals surface area contributed by atoms with Crippen molar-refractivity contribution < 1.29 is 19.1 Å². The topological polar surface area (TPSA) is 102 Å². The molecule has 1 unspecified atom stereocenters. The molecule has 2 amide bonds. The van der Waals surface area contributed by atoms with Crippen molar-refractivity contribution in [2.45, 2.75) is 53.0 Å². The van der Waals surface area contributed by atoms with Gasteiger partial charge in [0.25, 0.3) is 0 Å². The average molecular weight is 396 g/mol. The summed E-state index contributed by atoms with van der Waals surface area (Å²) in [4.78, 5) is 39.1. The van der Waals surface area contributed by atoms with Crippen LogP contribution in [0.2, 0.25) is 0 Å². The molecule has 1 aliphatic rings. The largest absolute Gasteiger partial charge is 0.462 e. The zero-order chi connectivity index (χ0) is 20.1. The van der Waals surface area contributed by atoms with E-state index in [9.17, 15) is 14.4 Å². The van der Waals surface area contributed by atoms with E-state index in [1.165, 1.54) is 11.3 Å². The van der Waals surface area contributed by atoms with Crippen LogP contribution in [-0.2, 0) is 27.2 Å². The van der Waals surface area contributed by atoms with Gasteiger partial charge in [-0.3, -0.25) is 14.5 Å². The number of nitrogens with zero attached hydrogens (tertiary/aromatic N) is 1. The molecule has 0 bridgehead atoms. The van der Waals surface area contributed by atoms with Gasteiger partial charge in [-0.15, -0.1) is 11.3 Å². The van der Waals surface area contributed by atoms with Gasteiger partial charge in [0.1, 0.15) is 5.00 Å². The molecule has 0 aliphatic heterocycles. The highest BCUT2D eigenvalue weighted by molar-refractivity contribution is 7.17. The Morgan fingerprint density at radius 3 is 2.63 bits per heavy atom. The molecule has 0 radical (unpaired) electrons. The number of nitrogens with two attached hydrogens (primary N) is 1. The van der Waals surface area contributed by atoms with Crippen LogP contribution in [0.15, 0.2) is 0 Å². The molecule has 0 spiro atoms. The highest BCUT2D eigenvalue weighted by atomic mass is 32.1. The number of amides is 2. The lowest BCUT2D eigenvalue weighted by atomic mass is 9.88. The Morgan fingerprint density at radius 2 is 2.04 bits per heavy atom. The molecule has 1 atom stereocenters. The molecular formula is C19H29N3O4S. The fourth-order valence-electron chi connectivity index (χ4n) is 3.23. The first-order valence-corrected chi connectivity index (χ1v) is 10.2. The van der Waals surface area contributed by atoms with Crippen LogP contribution in [0.4, 0.5) is 5.00 Å². The Kier molecular flexibility index (Phi) is 7.38. The van der Waals surface area contributed by atoms with E-state index < -0.39 is 11.9 Å². The van der Waals surface area contributed by atoms with Crippen LogP contribution in [0.25, 0.3) is 0 Å². The molecule has 0 fully saturated rings. The molecule has 1 aliphatic carbocycles. The van der Waals surface area contributed by atoms with Crippen LogP contribution >= 0.6 is 11.3 Å². The number of hydrogen-bond donors (Lipinski definition) is 2. The predicted molar refractivity (Wildman–Crippen MR) is 106 cm³/mol. The number of rotatable bonds is 8. The summed E-state index contributed by atoms with van der Waals surface area (Å²) in [5.74, 6) is -0.592. The summed E-state index contributed by atoms with van der Waals surface area (Å²) < 4.78 is 5.22. The van der Waals surface area contributed by atoms with Gasteiger partial charge in [-0.05, 0) is 51.5 Å². The lowest BCUT2D eigenvalue weighted by molar-refractivity contribution is -0.121. The van der Waals surface area contributed by atoms with Crippen molar-refractivity contribution in [2.24, 2.45) is 11.7 Å². The van der Waals surface area contributed by atoms with Crippen molar-refractivity contribution in [2.75, 3.05) is 25.0 Å². The van der Waals surface area contributed by atoms with Gasteiger partial charge >= 0.3 is 5.97 Å². The summed E-state index contributed by atoms with van der Waals surface area (Å²) >= 11 is 1.45. The Morgan fingerprint density at radius 1 is 1.33 bits per heavy atom. The summed E-state index contributed by atoms with van der Waals surface area (Å²) in [6.45, 7) is 8.07. The number of ether oxygens (including phenoxy) is 1. The molecule has 3 N–H and O–H groups in total. The Balaban J connectivity index is 2.22. The van der Waals surface area contributed by atoms with Crippen LogP contribution < -0.4 is 11.1 Å². The van der Waals surface area contributed by atoms with E-state index >= 15 is 0 Å². The number of carbonyl (C=O) groups is 3. The van der Waals surface area contributed by atoms with E-state index in [1.54, 1.807) is 11.8 Å². The Bertz CT molecular complexity index is 714.